The van der Waals surface area contributed by atoms with Crippen LogP contribution in [0.2, 0.25) is 5.02 Å². The van der Waals surface area contributed by atoms with Gasteiger partial charge in [-0.1, -0.05) is 27.5 Å². The van der Waals surface area contributed by atoms with Crippen LogP contribution in [0.3, 0.4) is 0 Å². The summed E-state index contributed by atoms with van der Waals surface area (Å²) >= 11 is 13.1. The fourth-order valence-corrected chi connectivity index (χ4v) is 2.93. The van der Waals surface area contributed by atoms with Crippen molar-refractivity contribution in [2.45, 2.75) is 0 Å². The first-order chi connectivity index (χ1) is 9.08. The number of hydrogen-bond donors (Lipinski definition) is 1. The van der Waals surface area contributed by atoms with Crippen molar-refractivity contribution in [3.8, 4) is 11.3 Å². The van der Waals surface area contributed by atoms with Gasteiger partial charge in [0.05, 0.1) is 9.50 Å². The maximum atomic E-state index is 6.23. The Kier molecular flexibility index (Phi) is 3.28. The van der Waals surface area contributed by atoms with Crippen LogP contribution in [-0.4, -0.2) is 9.38 Å². The van der Waals surface area contributed by atoms with E-state index in [1.54, 1.807) is 0 Å². The van der Waals surface area contributed by atoms with Gasteiger partial charge in [-0.05, 0) is 46.3 Å². The summed E-state index contributed by atoms with van der Waals surface area (Å²) in [5.74, 6) is 0.566. The number of halogens is 3. The highest BCUT2D eigenvalue weighted by Crippen LogP contribution is 2.35. The first-order valence-electron chi connectivity index (χ1n) is 5.45. The molecular weight excluding hydrogens is 393 g/mol. The third-order valence-electron chi connectivity index (χ3n) is 2.82. The van der Waals surface area contributed by atoms with Crippen LogP contribution < -0.4 is 5.73 Å². The lowest BCUT2D eigenvalue weighted by Crippen LogP contribution is -1.94. The summed E-state index contributed by atoms with van der Waals surface area (Å²) in [4.78, 5) is 4.57. The molecule has 3 aromatic rings. The molecule has 19 heavy (non-hydrogen) atoms. The zero-order chi connectivity index (χ0) is 13.6. The predicted molar refractivity (Wildman–Crippen MR) is 85.5 cm³/mol. The molecule has 0 aliphatic rings. The number of nitrogens with zero attached hydrogens (tertiary/aromatic N) is 2. The van der Waals surface area contributed by atoms with E-state index in [2.05, 4.69) is 36.8 Å². The van der Waals surface area contributed by atoms with Gasteiger partial charge >= 0.3 is 0 Å². The normalized spacial score (nSPS) is 11.1. The molecule has 0 saturated heterocycles. The van der Waals surface area contributed by atoms with Crippen LogP contribution in [-0.2, 0) is 0 Å². The highest BCUT2D eigenvalue weighted by molar-refractivity contribution is 9.11. The lowest BCUT2D eigenvalue weighted by Gasteiger charge is -2.03. The highest BCUT2D eigenvalue weighted by atomic mass is 79.9. The molecule has 2 aromatic heterocycles. The first kappa shape index (κ1) is 13.0. The lowest BCUT2D eigenvalue weighted by atomic mass is 10.1. The van der Waals surface area contributed by atoms with Gasteiger partial charge in [0.15, 0.2) is 5.65 Å². The smallest absolute Gasteiger partial charge is 0.153 e. The van der Waals surface area contributed by atoms with E-state index >= 15 is 0 Å². The van der Waals surface area contributed by atoms with Crippen LogP contribution >= 0.6 is 43.5 Å². The number of hydrogen-bond acceptors (Lipinski definition) is 2. The molecule has 0 aliphatic heterocycles. The van der Waals surface area contributed by atoms with Gasteiger partial charge in [0, 0.05) is 16.2 Å². The number of fused-ring (bicyclic) bond motifs is 1. The molecule has 0 unspecified atom stereocenters. The number of aromatic nitrogens is 2. The molecule has 0 spiro atoms. The van der Waals surface area contributed by atoms with E-state index < -0.39 is 0 Å². The molecule has 2 N–H and O–H groups in total. The summed E-state index contributed by atoms with van der Waals surface area (Å²) < 4.78 is 3.65. The van der Waals surface area contributed by atoms with Gasteiger partial charge < -0.3 is 5.73 Å². The fourth-order valence-electron chi connectivity index (χ4n) is 1.93. The number of pyridine rings is 1. The standard InChI is InChI=1S/C13H8Br2ClN3/c14-7-3-4-10(16)8(6-7)11-12(17)19-5-1-2-9(15)13(19)18-11/h1-6H,17H2. The Hall–Kier alpha value is -1.04. The summed E-state index contributed by atoms with van der Waals surface area (Å²) in [6.45, 7) is 0. The largest absolute Gasteiger partial charge is 0.383 e. The third kappa shape index (κ3) is 2.16. The highest BCUT2D eigenvalue weighted by Gasteiger charge is 2.15. The molecule has 3 rings (SSSR count). The van der Waals surface area contributed by atoms with Crippen LogP contribution in [0.25, 0.3) is 16.9 Å². The van der Waals surface area contributed by atoms with Crippen molar-refractivity contribution >= 4 is 54.9 Å². The molecular formula is C13H8Br2ClN3. The zero-order valence-corrected chi connectivity index (χ0v) is 13.5. The van der Waals surface area contributed by atoms with Crippen molar-refractivity contribution in [2.24, 2.45) is 0 Å². The Morgan fingerprint density at radius 3 is 2.74 bits per heavy atom. The minimum absolute atomic E-state index is 0.566. The quantitative estimate of drug-likeness (QED) is 0.639. The molecule has 1 aromatic carbocycles. The SMILES string of the molecule is Nc1c(-c2cc(Br)ccc2Cl)nc2c(Br)cccn12. The van der Waals surface area contributed by atoms with E-state index in [0.29, 0.717) is 16.5 Å². The lowest BCUT2D eigenvalue weighted by molar-refractivity contribution is 1.19. The molecule has 0 fully saturated rings. The van der Waals surface area contributed by atoms with Gasteiger partial charge in [0.25, 0.3) is 0 Å². The number of imidazole rings is 1. The van der Waals surface area contributed by atoms with Crippen LogP contribution in [0.5, 0.6) is 0 Å². The van der Waals surface area contributed by atoms with E-state index in [1.165, 1.54) is 0 Å². The molecule has 0 atom stereocenters. The summed E-state index contributed by atoms with van der Waals surface area (Å²) in [6.07, 6.45) is 1.87. The van der Waals surface area contributed by atoms with Gasteiger partial charge in [-0.3, -0.25) is 4.40 Å². The maximum Gasteiger partial charge on any atom is 0.153 e. The number of anilines is 1. The Morgan fingerprint density at radius 2 is 2.00 bits per heavy atom. The third-order valence-corrected chi connectivity index (χ3v) is 4.26. The second kappa shape index (κ2) is 4.81. The van der Waals surface area contributed by atoms with Crippen molar-refractivity contribution < 1.29 is 0 Å². The maximum absolute atomic E-state index is 6.23. The van der Waals surface area contributed by atoms with Crippen LogP contribution in [0, 0.1) is 0 Å². The van der Waals surface area contributed by atoms with E-state index in [9.17, 15) is 0 Å². The Labute approximate surface area is 131 Å². The summed E-state index contributed by atoms with van der Waals surface area (Å²) in [6, 6.07) is 9.44. The number of benzene rings is 1. The molecule has 0 saturated carbocycles. The first-order valence-corrected chi connectivity index (χ1v) is 7.42. The minimum atomic E-state index is 0.566. The minimum Gasteiger partial charge on any atom is -0.383 e. The van der Waals surface area contributed by atoms with Crippen molar-refractivity contribution in [1.29, 1.82) is 0 Å². The van der Waals surface area contributed by atoms with Crippen LogP contribution in [0.15, 0.2) is 45.5 Å². The van der Waals surface area contributed by atoms with Gasteiger partial charge in [0.1, 0.15) is 11.5 Å². The van der Waals surface area contributed by atoms with E-state index in [-0.39, 0.29) is 0 Å². The second-order valence-electron chi connectivity index (χ2n) is 4.02. The Morgan fingerprint density at radius 1 is 1.21 bits per heavy atom. The van der Waals surface area contributed by atoms with E-state index in [4.69, 9.17) is 17.3 Å². The van der Waals surface area contributed by atoms with E-state index in [1.807, 2.05) is 40.9 Å². The van der Waals surface area contributed by atoms with Crippen molar-refractivity contribution in [2.75, 3.05) is 5.73 Å². The molecule has 6 heteroatoms. The Balaban J connectivity index is 2.34. The summed E-state index contributed by atoms with van der Waals surface area (Å²) in [7, 11) is 0. The molecule has 0 amide bonds. The monoisotopic (exact) mass is 399 g/mol. The molecule has 0 radical (unpaired) electrons. The van der Waals surface area contributed by atoms with Crippen LogP contribution in [0.4, 0.5) is 5.82 Å². The van der Waals surface area contributed by atoms with Crippen molar-refractivity contribution in [3.05, 3.63) is 50.5 Å². The van der Waals surface area contributed by atoms with Crippen molar-refractivity contribution in [1.82, 2.24) is 9.38 Å². The Bertz CT molecular complexity index is 783. The van der Waals surface area contributed by atoms with Gasteiger partial charge in [-0.15, -0.1) is 0 Å². The predicted octanol–water partition coefficient (Wildman–Crippen LogP) is 4.76. The van der Waals surface area contributed by atoms with Gasteiger partial charge in [0.2, 0.25) is 0 Å². The number of nitrogens with two attached hydrogens (primary N) is 1. The van der Waals surface area contributed by atoms with Crippen molar-refractivity contribution in [3.63, 3.8) is 0 Å². The average molecular weight is 401 g/mol. The molecule has 96 valence electrons. The number of rotatable bonds is 1. The van der Waals surface area contributed by atoms with Crippen LogP contribution in [0.1, 0.15) is 0 Å². The molecule has 2 heterocycles. The number of nitrogen functional groups attached to an aromatic ring is 1. The summed E-state index contributed by atoms with van der Waals surface area (Å²) in [5, 5.41) is 0.620. The molecule has 0 aliphatic carbocycles. The second-order valence-corrected chi connectivity index (χ2v) is 6.20. The fraction of sp³-hybridized carbons (Fsp3) is 0. The molecule has 3 nitrogen and oxygen atoms in total. The van der Waals surface area contributed by atoms with Gasteiger partial charge in [-0.25, -0.2) is 4.98 Å². The summed E-state index contributed by atoms with van der Waals surface area (Å²) in [5.41, 5.74) is 8.42. The van der Waals surface area contributed by atoms with E-state index in [0.717, 1.165) is 20.2 Å². The zero-order valence-electron chi connectivity index (χ0n) is 9.57. The topological polar surface area (TPSA) is 43.3 Å². The molecule has 0 bridgehead atoms. The van der Waals surface area contributed by atoms with Gasteiger partial charge in [-0.2, -0.15) is 0 Å². The average Bonchev–Trinajstić information content (AvgIpc) is 2.72.